The van der Waals surface area contributed by atoms with Crippen LogP contribution in [0, 0.1) is 26.6 Å². The summed E-state index contributed by atoms with van der Waals surface area (Å²) < 4.78 is 13.7. The van der Waals surface area contributed by atoms with Crippen LogP contribution in [-0.4, -0.2) is 17.4 Å². The van der Waals surface area contributed by atoms with E-state index >= 15 is 0 Å². The molecule has 0 aliphatic rings. The van der Waals surface area contributed by atoms with Gasteiger partial charge >= 0.3 is 0 Å². The van der Waals surface area contributed by atoms with Crippen molar-refractivity contribution in [2.45, 2.75) is 27.2 Å². The molecule has 0 saturated carbocycles. The Morgan fingerprint density at radius 2 is 1.75 bits per heavy atom. The third-order valence-corrected chi connectivity index (χ3v) is 4.60. The van der Waals surface area contributed by atoms with E-state index in [1.807, 2.05) is 39.0 Å². The summed E-state index contributed by atoms with van der Waals surface area (Å²) >= 11 is 0. The maximum Gasteiger partial charge on any atom is 0.257 e. The Kier molecular flexibility index (Phi) is 6.04. The maximum atomic E-state index is 13.7. The van der Waals surface area contributed by atoms with Gasteiger partial charge in [-0.05, 0) is 56.0 Å². The highest BCUT2D eigenvalue weighted by atomic mass is 19.1. The van der Waals surface area contributed by atoms with Crippen molar-refractivity contribution < 1.29 is 9.18 Å². The van der Waals surface area contributed by atoms with E-state index in [0.29, 0.717) is 24.1 Å². The van der Waals surface area contributed by atoms with E-state index in [-0.39, 0.29) is 11.7 Å². The average Bonchev–Trinajstić information content (AvgIpc) is 2.66. The number of nitrogens with zero attached hydrogens (tertiary/aromatic N) is 1. The van der Waals surface area contributed by atoms with Crippen molar-refractivity contribution in [3.8, 4) is 0 Å². The normalized spacial score (nSPS) is 10.6. The molecule has 144 valence electrons. The number of halogens is 1. The quantitative estimate of drug-likeness (QED) is 0.632. The lowest BCUT2D eigenvalue weighted by Gasteiger charge is -2.13. The third kappa shape index (κ3) is 4.74. The molecule has 1 heterocycles. The zero-order valence-electron chi connectivity index (χ0n) is 16.3. The molecule has 3 aromatic rings. The zero-order chi connectivity index (χ0) is 20.1. The van der Waals surface area contributed by atoms with E-state index in [1.165, 1.54) is 12.3 Å². The summed E-state index contributed by atoms with van der Waals surface area (Å²) in [5, 5.41) is 6.18. The van der Waals surface area contributed by atoms with Gasteiger partial charge in [-0.1, -0.05) is 35.9 Å². The lowest BCUT2D eigenvalue weighted by molar-refractivity contribution is 0.102. The molecule has 2 aromatic carbocycles. The molecular weight excluding hydrogens is 353 g/mol. The monoisotopic (exact) mass is 377 g/mol. The van der Waals surface area contributed by atoms with Gasteiger partial charge in [0.25, 0.3) is 5.91 Å². The van der Waals surface area contributed by atoms with Crippen molar-refractivity contribution in [2.24, 2.45) is 0 Å². The number of aryl methyl sites for hydroxylation is 3. The number of aromatic nitrogens is 1. The lowest BCUT2D eigenvalue weighted by atomic mass is 10.0. The van der Waals surface area contributed by atoms with Gasteiger partial charge in [0, 0.05) is 24.6 Å². The van der Waals surface area contributed by atoms with Crippen LogP contribution in [0.2, 0.25) is 0 Å². The first-order valence-electron chi connectivity index (χ1n) is 9.25. The highest BCUT2D eigenvalue weighted by molar-refractivity contribution is 6.05. The predicted octanol–water partition coefficient (Wildman–Crippen LogP) is 5.05. The van der Waals surface area contributed by atoms with Crippen molar-refractivity contribution in [3.05, 3.63) is 88.5 Å². The summed E-state index contributed by atoms with van der Waals surface area (Å²) in [5.41, 5.74) is 5.89. The molecule has 28 heavy (non-hydrogen) atoms. The minimum atomic E-state index is -0.209. The fraction of sp³-hybridized carbons (Fsp3) is 0.217. The predicted molar refractivity (Wildman–Crippen MR) is 111 cm³/mol. The molecule has 0 aliphatic carbocycles. The second kappa shape index (κ2) is 8.65. The van der Waals surface area contributed by atoms with Gasteiger partial charge in [0.1, 0.15) is 5.82 Å². The zero-order valence-corrected chi connectivity index (χ0v) is 16.3. The number of amides is 1. The molecule has 0 unspecified atom stereocenters. The summed E-state index contributed by atoms with van der Waals surface area (Å²) in [7, 11) is 0. The van der Waals surface area contributed by atoms with Crippen LogP contribution in [0.1, 0.15) is 32.6 Å². The molecule has 5 heteroatoms. The van der Waals surface area contributed by atoms with Gasteiger partial charge in [-0.15, -0.1) is 0 Å². The number of carbonyl (C=O) groups is 1. The van der Waals surface area contributed by atoms with Gasteiger partial charge in [0.2, 0.25) is 0 Å². The first-order valence-corrected chi connectivity index (χ1v) is 9.25. The number of benzene rings is 2. The van der Waals surface area contributed by atoms with E-state index in [4.69, 9.17) is 0 Å². The summed E-state index contributed by atoms with van der Waals surface area (Å²) in [6, 6.07) is 12.6. The molecule has 0 atom stereocenters. The lowest BCUT2D eigenvalue weighted by Crippen LogP contribution is -2.15. The number of rotatable bonds is 6. The van der Waals surface area contributed by atoms with Crippen LogP contribution in [-0.2, 0) is 6.42 Å². The number of hydrogen-bond donors (Lipinski definition) is 2. The molecule has 0 bridgehead atoms. The SMILES string of the molecule is Cc1cc(C)c(NC(=O)c2cncc(NCCc3ccccc3F)c2)c(C)c1. The number of nitrogens with one attached hydrogen (secondary N) is 2. The number of anilines is 2. The minimum absolute atomic E-state index is 0.208. The van der Waals surface area contributed by atoms with E-state index in [1.54, 1.807) is 24.4 Å². The summed E-state index contributed by atoms with van der Waals surface area (Å²) in [6.07, 6.45) is 3.74. The molecule has 1 amide bonds. The van der Waals surface area contributed by atoms with Gasteiger partial charge in [-0.3, -0.25) is 9.78 Å². The number of hydrogen-bond acceptors (Lipinski definition) is 3. The highest BCUT2D eigenvalue weighted by Gasteiger charge is 2.11. The van der Waals surface area contributed by atoms with Crippen LogP contribution < -0.4 is 10.6 Å². The number of pyridine rings is 1. The van der Waals surface area contributed by atoms with Crippen LogP contribution in [0.25, 0.3) is 0 Å². The molecule has 3 rings (SSSR count). The van der Waals surface area contributed by atoms with Gasteiger partial charge < -0.3 is 10.6 Å². The average molecular weight is 377 g/mol. The summed E-state index contributed by atoms with van der Waals surface area (Å²) in [5.74, 6) is -0.417. The van der Waals surface area contributed by atoms with Crippen molar-refractivity contribution in [3.63, 3.8) is 0 Å². The van der Waals surface area contributed by atoms with E-state index in [0.717, 1.165) is 28.1 Å². The smallest absolute Gasteiger partial charge is 0.257 e. The first kappa shape index (κ1) is 19.5. The second-order valence-electron chi connectivity index (χ2n) is 6.96. The Labute approximate surface area is 164 Å². The van der Waals surface area contributed by atoms with Crippen molar-refractivity contribution in [1.29, 1.82) is 0 Å². The standard InChI is InChI=1S/C23H24FN3O/c1-15-10-16(2)22(17(3)11-15)27-23(28)19-12-20(14-25-13-19)26-9-8-18-6-4-5-7-21(18)24/h4-7,10-14,26H,8-9H2,1-3H3,(H,27,28). The van der Waals surface area contributed by atoms with Gasteiger partial charge in [0.15, 0.2) is 0 Å². The fourth-order valence-electron chi connectivity index (χ4n) is 3.27. The fourth-order valence-corrected chi connectivity index (χ4v) is 3.27. The molecule has 0 radical (unpaired) electrons. The Morgan fingerprint density at radius 1 is 1.04 bits per heavy atom. The van der Waals surface area contributed by atoms with Gasteiger partial charge in [-0.25, -0.2) is 4.39 Å². The van der Waals surface area contributed by atoms with E-state index in [2.05, 4.69) is 15.6 Å². The number of carbonyl (C=O) groups excluding carboxylic acids is 1. The molecule has 0 saturated heterocycles. The van der Waals surface area contributed by atoms with Gasteiger partial charge in [-0.2, -0.15) is 0 Å². The Bertz CT molecular complexity index is 978. The van der Waals surface area contributed by atoms with Crippen LogP contribution in [0.4, 0.5) is 15.8 Å². The minimum Gasteiger partial charge on any atom is -0.383 e. The molecule has 4 nitrogen and oxygen atoms in total. The highest BCUT2D eigenvalue weighted by Crippen LogP contribution is 2.23. The third-order valence-electron chi connectivity index (χ3n) is 4.60. The van der Waals surface area contributed by atoms with Crippen LogP contribution in [0.5, 0.6) is 0 Å². The molecule has 1 aromatic heterocycles. The van der Waals surface area contributed by atoms with E-state index < -0.39 is 0 Å². The molecule has 0 aliphatic heterocycles. The largest absolute Gasteiger partial charge is 0.383 e. The van der Waals surface area contributed by atoms with Crippen LogP contribution in [0.3, 0.4) is 0 Å². The Hall–Kier alpha value is -3.21. The maximum absolute atomic E-state index is 13.7. The first-order chi connectivity index (χ1) is 13.4. The molecular formula is C23H24FN3O. The van der Waals surface area contributed by atoms with Crippen molar-refractivity contribution in [2.75, 3.05) is 17.2 Å². The van der Waals surface area contributed by atoms with Gasteiger partial charge in [0.05, 0.1) is 11.3 Å². The van der Waals surface area contributed by atoms with Crippen LogP contribution in [0.15, 0.2) is 54.9 Å². The summed E-state index contributed by atoms with van der Waals surface area (Å²) in [4.78, 5) is 16.8. The Morgan fingerprint density at radius 3 is 2.46 bits per heavy atom. The molecule has 0 fully saturated rings. The van der Waals surface area contributed by atoms with Crippen molar-refractivity contribution in [1.82, 2.24) is 4.98 Å². The molecule has 0 spiro atoms. The Balaban J connectivity index is 1.66. The van der Waals surface area contributed by atoms with E-state index in [9.17, 15) is 9.18 Å². The van der Waals surface area contributed by atoms with Crippen LogP contribution >= 0.6 is 0 Å². The second-order valence-corrected chi connectivity index (χ2v) is 6.96. The van der Waals surface area contributed by atoms with Crippen molar-refractivity contribution >= 4 is 17.3 Å². The topological polar surface area (TPSA) is 54.0 Å². The molecule has 2 N–H and O–H groups in total. The summed E-state index contributed by atoms with van der Waals surface area (Å²) in [6.45, 7) is 6.54.